The van der Waals surface area contributed by atoms with Gasteiger partial charge in [-0.1, -0.05) is 17.7 Å². The minimum atomic E-state index is -5.05. The fraction of sp³-hybridized carbons (Fsp3) is 0.222. The Morgan fingerprint density at radius 1 is 0.967 bits per heavy atom. The van der Waals surface area contributed by atoms with E-state index in [1.54, 1.807) is 24.3 Å². The van der Waals surface area contributed by atoms with Crippen molar-refractivity contribution in [2.45, 2.75) is 25.8 Å². The number of hydrogen-bond acceptors (Lipinski definition) is 4. The van der Waals surface area contributed by atoms with Crippen molar-refractivity contribution in [1.29, 1.82) is 0 Å². The summed E-state index contributed by atoms with van der Waals surface area (Å²) in [7, 11) is 0. The third-order valence-electron chi connectivity index (χ3n) is 4.07. The Hall–Kier alpha value is -3.44. The second kappa shape index (κ2) is 7.76. The van der Waals surface area contributed by atoms with Crippen LogP contribution in [0.3, 0.4) is 0 Å². The molecule has 0 aliphatic heterocycles. The van der Waals surface area contributed by atoms with E-state index in [1.165, 1.54) is 4.68 Å². The first-order valence-corrected chi connectivity index (χ1v) is 8.37. The molecule has 0 saturated carbocycles. The molecule has 0 radical (unpaired) electrons. The Labute approximate surface area is 165 Å². The van der Waals surface area contributed by atoms with Crippen molar-refractivity contribution >= 4 is 5.91 Å². The van der Waals surface area contributed by atoms with Crippen LogP contribution in [0.4, 0.5) is 26.3 Å². The molecular weight excluding hydrogens is 416 g/mol. The maximum Gasteiger partial charge on any atom is 0.416 e. The fourth-order valence-corrected chi connectivity index (χ4v) is 2.55. The maximum absolute atomic E-state index is 12.9. The van der Waals surface area contributed by atoms with Crippen molar-refractivity contribution in [2.24, 2.45) is 0 Å². The van der Waals surface area contributed by atoms with Gasteiger partial charge in [-0.3, -0.25) is 4.79 Å². The van der Waals surface area contributed by atoms with E-state index in [0.717, 1.165) is 5.56 Å². The predicted octanol–water partition coefficient (Wildman–Crippen LogP) is 3.94. The van der Waals surface area contributed by atoms with Crippen molar-refractivity contribution in [3.8, 4) is 5.69 Å². The van der Waals surface area contributed by atoms with E-state index in [2.05, 4.69) is 20.8 Å². The maximum atomic E-state index is 12.9. The lowest BCUT2D eigenvalue weighted by Crippen LogP contribution is -2.26. The van der Waals surface area contributed by atoms with Gasteiger partial charge in [0, 0.05) is 5.56 Å². The molecule has 1 N–H and O–H groups in total. The fourth-order valence-electron chi connectivity index (χ4n) is 2.55. The Morgan fingerprint density at radius 3 is 2.07 bits per heavy atom. The quantitative estimate of drug-likeness (QED) is 0.638. The largest absolute Gasteiger partial charge is 0.416 e. The number of tetrazole rings is 1. The zero-order valence-electron chi connectivity index (χ0n) is 15.2. The topological polar surface area (TPSA) is 72.7 Å². The van der Waals surface area contributed by atoms with E-state index in [9.17, 15) is 31.1 Å². The number of rotatable bonds is 4. The lowest BCUT2D eigenvalue weighted by atomic mass is 10.0. The van der Waals surface area contributed by atoms with Gasteiger partial charge in [-0.15, -0.1) is 5.10 Å². The van der Waals surface area contributed by atoms with Crippen molar-refractivity contribution in [2.75, 3.05) is 0 Å². The highest BCUT2D eigenvalue weighted by molar-refractivity contribution is 5.94. The number of benzene rings is 2. The molecule has 2 aromatic carbocycles. The highest BCUT2D eigenvalue weighted by atomic mass is 19.4. The molecule has 0 spiro atoms. The third-order valence-corrected chi connectivity index (χ3v) is 4.07. The number of hydrogen-bond donors (Lipinski definition) is 1. The van der Waals surface area contributed by atoms with Gasteiger partial charge in [-0.2, -0.15) is 31.0 Å². The zero-order chi connectivity index (χ0) is 22.1. The molecule has 1 aromatic heterocycles. The molecule has 12 heteroatoms. The molecule has 0 aliphatic carbocycles. The standard InChI is InChI=1S/C18H13F6N5O/c1-10-2-4-14(5-3-10)29-15(26-27-28-29)9-25-16(30)11-6-12(17(19,20)21)8-13(7-11)18(22,23)24/h2-8H,9H2,1H3,(H,25,30). The SMILES string of the molecule is Cc1ccc(-n2nnnc2CNC(=O)c2cc(C(F)(F)F)cc(C(F)(F)F)c2)cc1. The number of nitrogens with zero attached hydrogens (tertiary/aromatic N) is 4. The zero-order valence-corrected chi connectivity index (χ0v) is 15.2. The number of amides is 1. The van der Waals surface area contributed by atoms with Gasteiger partial charge in [0.05, 0.1) is 23.4 Å². The van der Waals surface area contributed by atoms with Crippen LogP contribution in [-0.2, 0) is 18.9 Å². The highest BCUT2D eigenvalue weighted by Gasteiger charge is 2.37. The van der Waals surface area contributed by atoms with Crippen LogP contribution in [0.25, 0.3) is 5.69 Å². The van der Waals surface area contributed by atoms with Crippen LogP contribution in [0.2, 0.25) is 0 Å². The minimum Gasteiger partial charge on any atom is -0.345 e. The lowest BCUT2D eigenvalue weighted by molar-refractivity contribution is -0.143. The van der Waals surface area contributed by atoms with Crippen molar-refractivity contribution in [1.82, 2.24) is 25.5 Å². The molecule has 1 heterocycles. The molecule has 0 saturated heterocycles. The summed E-state index contributed by atoms with van der Waals surface area (Å²) in [6, 6.07) is 7.66. The van der Waals surface area contributed by atoms with Crippen molar-refractivity contribution < 1.29 is 31.1 Å². The van der Waals surface area contributed by atoms with Crippen LogP contribution >= 0.6 is 0 Å². The van der Waals surface area contributed by atoms with Crippen molar-refractivity contribution in [3.05, 3.63) is 70.5 Å². The van der Waals surface area contributed by atoms with Gasteiger partial charge in [-0.05, 0) is 47.7 Å². The number of aryl methyl sites for hydroxylation is 1. The van der Waals surface area contributed by atoms with E-state index in [-0.39, 0.29) is 18.4 Å². The average Bonchev–Trinajstić information content (AvgIpc) is 3.13. The normalized spacial score (nSPS) is 12.1. The van der Waals surface area contributed by atoms with E-state index in [0.29, 0.717) is 17.8 Å². The summed E-state index contributed by atoms with van der Waals surface area (Å²) >= 11 is 0. The molecule has 0 atom stereocenters. The number of halogens is 6. The van der Waals surface area contributed by atoms with Crippen LogP contribution in [0.5, 0.6) is 0 Å². The monoisotopic (exact) mass is 429 g/mol. The van der Waals surface area contributed by atoms with Crippen molar-refractivity contribution in [3.63, 3.8) is 0 Å². The summed E-state index contributed by atoms with van der Waals surface area (Å²) < 4.78 is 79.0. The minimum absolute atomic E-state index is 0.0469. The van der Waals surface area contributed by atoms with Gasteiger partial charge in [0.1, 0.15) is 0 Å². The van der Waals surface area contributed by atoms with Crippen LogP contribution < -0.4 is 5.32 Å². The average molecular weight is 429 g/mol. The third kappa shape index (κ3) is 4.75. The first-order valence-electron chi connectivity index (χ1n) is 8.37. The first kappa shape index (κ1) is 21.3. The Kier molecular flexibility index (Phi) is 5.51. The van der Waals surface area contributed by atoms with Crippen LogP contribution in [0, 0.1) is 6.92 Å². The van der Waals surface area contributed by atoms with Gasteiger partial charge >= 0.3 is 12.4 Å². The van der Waals surface area contributed by atoms with Gasteiger partial charge in [0.2, 0.25) is 0 Å². The summed E-state index contributed by atoms with van der Waals surface area (Å²) in [6.07, 6.45) is -10.1. The number of nitrogens with one attached hydrogen (secondary N) is 1. The second-order valence-corrected chi connectivity index (χ2v) is 6.32. The van der Waals surface area contributed by atoms with E-state index < -0.39 is 35.0 Å². The van der Waals surface area contributed by atoms with Gasteiger partial charge in [0.25, 0.3) is 5.91 Å². The molecule has 3 aromatic rings. The predicted molar refractivity (Wildman–Crippen MR) is 91.5 cm³/mol. The molecule has 0 unspecified atom stereocenters. The number of alkyl halides is 6. The number of carbonyl (C=O) groups is 1. The molecule has 158 valence electrons. The van der Waals surface area contributed by atoms with Gasteiger partial charge in [-0.25, -0.2) is 0 Å². The number of carbonyl (C=O) groups excluding carboxylic acids is 1. The van der Waals surface area contributed by atoms with Crippen LogP contribution in [0.15, 0.2) is 42.5 Å². The summed E-state index contributed by atoms with van der Waals surface area (Å²) in [5, 5.41) is 13.2. The summed E-state index contributed by atoms with van der Waals surface area (Å²) in [5.74, 6) is -1.000. The van der Waals surface area contributed by atoms with Gasteiger partial charge in [0.15, 0.2) is 5.82 Å². The first-order chi connectivity index (χ1) is 13.9. The Balaban J connectivity index is 1.84. The van der Waals surface area contributed by atoms with E-state index in [4.69, 9.17) is 0 Å². The molecule has 0 aliphatic rings. The van der Waals surface area contributed by atoms with Gasteiger partial charge < -0.3 is 5.32 Å². The Morgan fingerprint density at radius 2 is 1.53 bits per heavy atom. The summed E-state index contributed by atoms with van der Waals surface area (Å²) in [6.45, 7) is 1.55. The van der Waals surface area contributed by atoms with Crippen LogP contribution in [-0.4, -0.2) is 26.1 Å². The smallest absolute Gasteiger partial charge is 0.345 e. The molecule has 0 fully saturated rings. The van der Waals surface area contributed by atoms with E-state index >= 15 is 0 Å². The summed E-state index contributed by atoms with van der Waals surface area (Å²) in [4.78, 5) is 12.3. The molecule has 0 bridgehead atoms. The molecule has 6 nitrogen and oxygen atoms in total. The lowest BCUT2D eigenvalue weighted by Gasteiger charge is -2.14. The van der Waals surface area contributed by atoms with Crippen LogP contribution in [0.1, 0.15) is 32.9 Å². The summed E-state index contributed by atoms with van der Waals surface area (Å²) in [5.41, 5.74) is -2.40. The Bertz CT molecular complexity index is 1020. The van der Waals surface area contributed by atoms with E-state index in [1.807, 2.05) is 6.92 Å². The number of aromatic nitrogens is 4. The molecule has 3 rings (SSSR count). The highest BCUT2D eigenvalue weighted by Crippen LogP contribution is 2.36. The second-order valence-electron chi connectivity index (χ2n) is 6.32. The molecule has 30 heavy (non-hydrogen) atoms. The molecule has 1 amide bonds. The molecular formula is C18H13F6N5O.